The number of benzene rings is 4. The normalized spacial score (nSPS) is 17.8. The number of ether oxygens (including phenoxy) is 3. The smallest absolute Gasteiger partial charge is 0.199 e. The van der Waals surface area contributed by atoms with Crippen LogP contribution in [0.1, 0.15) is 19.3 Å². The van der Waals surface area contributed by atoms with Gasteiger partial charge < -0.3 is 14.2 Å². The molecule has 0 radical (unpaired) electrons. The molecule has 0 saturated carbocycles. The molecule has 1 unspecified atom stereocenters. The van der Waals surface area contributed by atoms with Crippen LogP contribution in [-0.4, -0.2) is 12.9 Å². The van der Waals surface area contributed by atoms with Gasteiger partial charge in [0.15, 0.2) is 6.29 Å². The maximum Gasteiger partial charge on any atom is 0.199 e. The van der Waals surface area contributed by atoms with Crippen LogP contribution in [0.25, 0.3) is 11.1 Å². The third kappa shape index (κ3) is 4.12. The Kier molecular flexibility index (Phi) is 5.54. The summed E-state index contributed by atoms with van der Waals surface area (Å²) in [6, 6.07) is 33.9. The molecule has 4 aromatic rings. The third-order valence-corrected chi connectivity index (χ3v) is 8.70. The zero-order valence-electron chi connectivity index (χ0n) is 18.3. The lowest BCUT2D eigenvalue weighted by Crippen LogP contribution is -2.24. The molecule has 1 fully saturated rings. The number of hydrogen-bond donors (Lipinski definition) is 1. The van der Waals surface area contributed by atoms with E-state index in [4.69, 9.17) is 14.2 Å². The van der Waals surface area contributed by atoms with Gasteiger partial charge >= 0.3 is 0 Å². The van der Waals surface area contributed by atoms with Gasteiger partial charge in [-0.3, -0.25) is 0 Å². The van der Waals surface area contributed by atoms with Crippen LogP contribution in [0.3, 0.4) is 0 Å². The molecule has 1 saturated heterocycles. The van der Waals surface area contributed by atoms with E-state index >= 15 is 0 Å². The lowest BCUT2D eigenvalue weighted by atomic mass is 10.1. The predicted octanol–water partition coefficient (Wildman–Crippen LogP) is 7.84. The molecule has 2 heterocycles. The van der Waals surface area contributed by atoms with E-state index in [2.05, 4.69) is 72.8 Å². The average Bonchev–Trinajstić information content (AvgIpc) is 3.21. The zero-order valence-corrected chi connectivity index (χ0v) is 19.2. The van der Waals surface area contributed by atoms with E-state index in [-0.39, 0.29) is 6.29 Å². The van der Waals surface area contributed by atoms with Crippen molar-refractivity contribution in [2.75, 3.05) is 6.61 Å². The first-order valence-electron chi connectivity index (χ1n) is 11.5. The largest absolute Gasteiger partial charge is 0.465 e. The van der Waals surface area contributed by atoms with Gasteiger partial charge in [0.25, 0.3) is 0 Å². The molecule has 0 spiro atoms. The van der Waals surface area contributed by atoms with E-state index in [1.807, 2.05) is 24.3 Å². The first-order chi connectivity index (χ1) is 16.3. The molecule has 4 heteroatoms. The average molecular weight is 455 g/mol. The Bertz CT molecular complexity index is 1200. The molecule has 0 N–H and O–H groups in total. The van der Waals surface area contributed by atoms with Crippen LogP contribution in [0.2, 0.25) is 0 Å². The molecule has 2 aliphatic rings. The van der Waals surface area contributed by atoms with Crippen LogP contribution in [0.5, 0.6) is 17.2 Å². The van der Waals surface area contributed by atoms with Crippen molar-refractivity contribution in [2.45, 2.75) is 40.2 Å². The summed E-state index contributed by atoms with van der Waals surface area (Å²) >= 11 is 0. The molecule has 0 bridgehead atoms. The van der Waals surface area contributed by atoms with Crippen LogP contribution in [0, 0.1) is 0 Å². The highest BCUT2D eigenvalue weighted by molar-refractivity contribution is 8.17. The summed E-state index contributed by atoms with van der Waals surface area (Å²) in [5.41, 5.74) is 2.72. The lowest BCUT2D eigenvalue weighted by molar-refractivity contribution is -0.105. The van der Waals surface area contributed by atoms with Gasteiger partial charge in [-0.1, -0.05) is 36.4 Å². The van der Waals surface area contributed by atoms with Crippen molar-refractivity contribution in [3.8, 4) is 28.4 Å². The van der Waals surface area contributed by atoms with Crippen molar-refractivity contribution in [2.24, 2.45) is 0 Å². The first-order valence-corrected chi connectivity index (χ1v) is 12.8. The van der Waals surface area contributed by atoms with Gasteiger partial charge in [0, 0.05) is 16.2 Å². The molecule has 166 valence electrons. The second-order valence-electron chi connectivity index (χ2n) is 8.35. The van der Waals surface area contributed by atoms with E-state index in [1.165, 1.54) is 25.8 Å². The van der Waals surface area contributed by atoms with E-state index in [9.17, 15) is 0 Å². The summed E-state index contributed by atoms with van der Waals surface area (Å²) in [5, 5.41) is 0. The van der Waals surface area contributed by atoms with E-state index in [1.54, 1.807) is 0 Å². The highest BCUT2D eigenvalue weighted by Crippen LogP contribution is 2.62. The number of rotatable bonds is 5. The van der Waals surface area contributed by atoms with Gasteiger partial charge in [0.2, 0.25) is 0 Å². The molecular formula is C29H26O3S. The maximum atomic E-state index is 6.10. The summed E-state index contributed by atoms with van der Waals surface area (Å²) < 4.78 is 17.7. The Morgan fingerprint density at radius 1 is 0.636 bits per heavy atom. The van der Waals surface area contributed by atoms with E-state index in [0.29, 0.717) is 0 Å². The summed E-state index contributed by atoms with van der Waals surface area (Å²) in [6.45, 7) is 0.779. The Morgan fingerprint density at radius 2 is 1.21 bits per heavy atom. The van der Waals surface area contributed by atoms with Crippen LogP contribution in [0.4, 0.5) is 0 Å². The summed E-state index contributed by atoms with van der Waals surface area (Å²) in [4.78, 5) is 4.20. The fourth-order valence-electron chi connectivity index (χ4n) is 4.54. The molecule has 0 amide bonds. The summed E-state index contributed by atoms with van der Waals surface area (Å²) in [7, 11) is -0.541. The quantitative estimate of drug-likeness (QED) is 0.274. The second-order valence-corrected chi connectivity index (χ2v) is 10.5. The van der Waals surface area contributed by atoms with Crippen LogP contribution in [0.15, 0.2) is 112 Å². The SMILES string of the molecule is c1ccc2c(c1)-c1ccccc1[SH]2c1ccc(Oc2ccc(OC3CCCCO3)cc2)cc1. The predicted molar refractivity (Wildman–Crippen MR) is 133 cm³/mol. The van der Waals surface area contributed by atoms with E-state index in [0.717, 1.165) is 43.1 Å². The van der Waals surface area contributed by atoms with Crippen molar-refractivity contribution in [3.05, 3.63) is 97.1 Å². The van der Waals surface area contributed by atoms with Gasteiger partial charge in [-0.05, 0) is 89.5 Å². The van der Waals surface area contributed by atoms with Gasteiger partial charge in [-0.25, -0.2) is 0 Å². The van der Waals surface area contributed by atoms with Gasteiger partial charge in [0.05, 0.1) is 6.61 Å². The molecule has 0 aliphatic carbocycles. The Morgan fingerprint density at radius 3 is 1.82 bits per heavy atom. The molecule has 3 nitrogen and oxygen atoms in total. The number of hydrogen-bond acceptors (Lipinski definition) is 3. The first kappa shape index (κ1) is 20.4. The zero-order chi connectivity index (χ0) is 22.0. The summed E-state index contributed by atoms with van der Waals surface area (Å²) in [5.74, 6) is 2.44. The van der Waals surface area contributed by atoms with Crippen molar-refractivity contribution in [1.29, 1.82) is 0 Å². The standard InChI is InChI=1S/C29H26O3S/c1-3-9-27-25(7-1)26-8-2-4-10-28(26)33(27)24-18-16-22(17-19-24)31-21-12-14-23(15-13-21)32-29-11-5-6-20-30-29/h1-4,7-10,12-19,29,33H,5-6,11,20H2. The van der Waals surface area contributed by atoms with Crippen LogP contribution in [-0.2, 0) is 4.74 Å². The molecule has 0 aromatic heterocycles. The van der Waals surface area contributed by atoms with E-state index < -0.39 is 10.9 Å². The highest BCUT2D eigenvalue weighted by Gasteiger charge is 2.26. The number of fused-ring (bicyclic) bond motifs is 3. The number of thiol groups is 1. The minimum Gasteiger partial charge on any atom is -0.465 e. The van der Waals surface area contributed by atoms with Gasteiger partial charge in [0.1, 0.15) is 17.2 Å². The van der Waals surface area contributed by atoms with Crippen molar-refractivity contribution >= 4 is 10.9 Å². The van der Waals surface area contributed by atoms with Crippen molar-refractivity contribution in [3.63, 3.8) is 0 Å². The molecule has 1 atom stereocenters. The molecule has 2 aliphatic heterocycles. The van der Waals surface area contributed by atoms with Gasteiger partial charge in [-0.2, -0.15) is 10.9 Å². The van der Waals surface area contributed by atoms with Gasteiger partial charge in [-0.15, -0.1) is 0 Å². The second kappa shape index (κ2) is 8.97. The molecule has 4 aromatic carbocycles. The Balaban J connectivity index is 1.18. The summed E-state index contributed by atoms with van der Waals surface area (Å²) in [6.07, 6.45) is 3.08. The third-order valence-electron chi connectivity index (χ3n) is 6.14. The molecule has 33 heavy (non-hydrogen) atoms. The minimum atomic E-state index is -0.541. The lowest BCUT2D eigenvalue weighted by Gasteiger charge is -2.23. The van der Waals surface area contributed by atoms with Crippen LogP contribution >= 0.6 is 10.9 Å². The van der Waals surface area contributed by atoms with Crippen molar-refractivity contribution in [1.82, 2.24) is 0 Å². The Labute approximate surface area is 197 Å². The monoisotopic (exact) mass is 454 g/mol. The van der Waals surface area contributed by atoms with Crippen LogP contribution < -0.4 is 9.47 Å². The fraction of sp³-hybridized carbons (Fsp3) is 0.172. The minimum absolute atomic E-state index is 0.133. The molecular weight excluding hydrogens is 428 g/mol. The highest BCUT2D eigenvalue weighted by atomic mass is 32.2. The van der Waals surface area contributed by atoms with Crippen molar-refractivity contribution < 1.29 is 14.2 Å². The fourth-order valence-corrected chi connectivity index (χ4v) is 7.15. The topological polar surface area (TPSA) is 27.7 Å². The molecule has 6 rings (SSSR count). The Hall–Kier alpha value is -3.21. The maximum absolute atomic E-state index is 6.10.